The summed E-state index contributed by atoms with van der Waals surface area (Å²) in [5.74, 6) is -3.41. The Balaban J connectivity index is 1.65. The van der Waals surface area contributed by atoms with Crippen molar-refractivity contribution in [1.29, 1.82) is 0 Å². The van der Waals surface area contributed by atoms with Gasteiger partial charge in [0.05, 0.1) is 5.92 Å². The predicted molar refractivity (Wildman–Crippen MR) is 120 cm³/mol. The minimum atomic E-state index is -0.851. The van der Waals surface area contributed by atoms with Crippen LogP contribution in [-0.2, 0) is 9.53 Å². The average molecular weight is 441 g/mol. The molecule has 1 saturated carbocycles. The number of halogens is 3. The number of ether oxygens (including phenoxy) is 1. The normalized spacial score (nSPS) is 18.8. The van der Waals surface area contributed by atoms with E-state index < -0.39 is 23.4 Å². The van der Waals surface area contributed by atoms with Crippen molar-refractivity contribution in [2.75, 3.05) is 0 Å². The van der Waals surface area contributed by atoms with E-state index in [1.54, 1.807) is 24.3 Å². The molecular weight excluding hydrogens is 413 g/mol. The Hall–Kier alpha value is -3.08. The first kappa shape index (κ1) is 23.6. The van der Waals surface area contributed by atoms with Crippen LogP contribution in [0.15, 0.2) is 72.8 Å². The molecule has 168 valence electrons. The van der Waals surface area contributed by atoms with Gasteiger partial charge in [-0.25, -0.2) is 13.2 Å². The highest BCUT2D eigenvalue weighted by Gasteiger charge is 2.30. The van der Waals surface area contributed by atoms with Crippen LogP contribution < -0.4 is 0 Å². The van der Waals surface area contributed by atoms with E-state index in [9.17, 15) is 18.0 Å². The molecule has 0 heterocycles. The third-order valence-electron chi connectivity index (χ3n) is 5.90. The first-order valence-electron chi connectivity index (χ1n) is 10.7. The lowest BCUT2D eigenvalue weighted by Gasteiger charge is -2.28. The van der Waals surface area contributed by atoms with Gasteiger partial charge < -0.3 is 4.74 Å². The van der Waals surface area contributed by atoms with Crippen molar-refractivity contribution >= 4 is 5.97 Å². The molecule has 0 aliphatic heterocycles. The fourth-order valence-electron chi connectivity index (χ4n) is 3.98. The van der Waals surface area contributed by atoms with Crippen molar-refractivity contribution in [1.82, 2.24) is 0 Å². The van der Waals surface area contributed by atoms with Crippen LogP contribution in [0.5, 0.6) is 0 Å². The van der Waals surface area contributed by atoms with Crippen LogP contribution in [0.2, 0.25) is 0 Å². The molecule has 1 fully saturated rings. The van der Waals surface area contributed by atoms with E-state index in [1.165, 1.54) is 6.92 Å². The fourth-order valence-corrected chi connectivity index (χ4v) is 3.98. The summed E-state index contributed by atoms with van der Waals surface area (Å²) in [5, 5.41) is 0. The van der Waals surface area contributed by atoms with E-state index in [4.69, 9.17) is 4.74 Å². The van der Waals surface area contributed by atoms with E-state index in [-0.39, 0.29) is 28.7 Å². The van der Waals surface area contributed by atoms with Gasteiger partial charge in [0.2, 0.25) is 0 Å². The van der Waals surface area contributed by atoms with Crippen molar-refractivity contribution in [3.05, 3.63) is 95.6 Å². The molecule has 0 saturated heterocycles. The molecular formula is C27H27F3O2. The first-order chi connectivity index (χ1) is 15.2. The lowest BCUT2D eigenvalue weighted by molar-refractivity contribution is -0.144. The standard InChI is InChI=1S/C27H27F3O2/c1-16(2)24(28)15-18(4)32-27(31)21-11-9-20(10-12-21)23-14-13-22(25(29)26(23)30)19-7-5-17(3)6-8-19/h5-8,13-15,20-21H,1,4,9-12H2,2-3H3/b24-15+. The maximum atomic E-state index is 14.9. The van der Waals surface area contributed by atoms with Gasteiger partial charge in [-0.1, -0.05) is 55.1 Å². The minimum absolute atomic E-state index is 0.0857. The SMILES string of the molecule is C=C(/C=C(/F)C(=C)C)OC(=O)C1CCC(c2ccc(-c3ccc(C)cc3)c(F)c2F)CC1. The van der Waals surface area contributed by atoms with Gasteiger partial charge in [0, 0.05) is 11.6 Å². The number of rotatable bonds is 6. The van der Waals surface area contributed by atoms with Gasteiger partial charge in [-0.3, -0.25) is 4.79 Å². The van der Waals surface area contributed by atoms with Crippen LogP contribution in [-0.4, -0.2) is 5.97 Å². The van der Waals surface area contributed by atoms with E-state index in [1.807, 2.05) is 19.1 Å². The maximum absolute atomic E-state index is 14.9. The van der Waals surface area contributed by atoms with Gasteiger partial charge in [-0.15, -0.1) is 0 Å². The number of esters is 1. The first-order valence-corrected chi connectivity index (χ1v) is 10.7. The summed E-state index contributed by atoms with van der Waals surface area (Å²) in [7, 11) is 0. The van der Waals surface area contributed by atoms with Crippen molar-refractivity contribution in [3.63, 3.8) is 0 Å². The summed E-state index contributed by atoms with van der Waals surface area (Å²) in [4.78, 5) is 12.4. The molecule has 1 aliphatic carbocycles. The van der Waals surface area contributed by atoms with Crippen LogP contribution in [0.4, 0.5) is 13.2 Å². The summed E-state index contributed by atoms with van der Waals surface area (Å²) in [6.07, 6.45) is 3.04. The molecule has 0 radical (unpaired) electrons. The van der Waals surface area contributed by atoms with Crippen LogP contribution >= 0.6 is 0 Å². The zero-order chi connectivity index (χ0) is 23.4. The number of carbonyl (C=O) groups is 1. The van der Waals surface area contributed by atoms with Crippen LogP contribution in [0.1, 0.15) is 49.7 Å². The third kappa shape index (κ3) is 5.39. The number of carbonyl (C=O) groups excluding carboxylic acids is 1. The smallest absolute Gasteiger partial charge is 0.314 e. The summed E-state index contributed by atoms with van der Waals surface area (Å²) < 4.78 is 48.4. The Morgan fingerprint density at radius 2 is 1.62 bits per heavy atom. The second kappa shape index (κ2) is 10.0. The number of aryl methyl sites for hydroxylation is 1. The molecule has 3 rings (SSSR count). The molecule has 1 aliphatic rings. The Bertz CT molecular complexity index is 1060. The molecule has 0 N–H and O–H groups in total. The molecule has 2 aromatic rings. The summed E-state index contributed by atoms with van der Waals surface area (Å²) in [6, 6.07) is 10.5. The summed E-state index contributed by atoms with van der Waals surface area (Å²) in [5.41, 5.74) is 2.45. The Kier molecular flexibility index (Phi) is 7.39. The molecule has 2 aromatic carbocycles. The Morgan fingerprint density at radius 3 is 2.22 bits per heavy atom. The fraction of sp³-hybridized carbons (Fsp3) is 0.296. The molecule has 0 spiro atoms. The maximum Gasteiger partial charge on any atom is 0.314 e. The average Bonchev–Trinajstić information content (AvgIpc) is 2.76. The van der Waals surface area contributed by atoms with Crippen molar-refractivity contribution in [2.45, 2.75) is 45.4 Å². The lowest BCUT2D eigenvalue weighted by atomic mass is 9.78. The Labute approximate surface area is 187 Å². The van der Waals surface area contributed by atoms with Crippen LogP contribution in [0, 0.1) is 24.5 Å². The number of benzene rings is 2. The highest BCUT2D eigenvalue weighted by Crippen LogP contribution is 2.39. The number of allylic oxidation sites excluding steroid dienone is 3. The van der Waals surface area contributed by atoms with E-state index >= 15 is 0 Å². The van der Waals surface area contributed by atoms with Gasteiger partial charge in [-0.2, -0.15) is 0 Å². The van der Waals surface area contributed by atoms with Crippen molar-refractivity contribution in [2.24, 2.45) is 5.92 Å². The van der Waals surface area contributed by atoms with Gasteiger partial charge in [0.1, 0.15) is 11.6 Å². The lowest BCUT2D eigenvalue weighted by Crippen LogP contribution is -2.23. The molecule has 0 bridgehead atoms. The van der Waals surface area contributed by atoms with Gasteiger partial charge in [0.25, 0.3) is 0 Å². The minimum Gasteiger partial charge on any atom is -0.427 e. The highest BCUT2D eigenvalue weighted by atomic mass is 19.2. The summed E-state index contributed by atoms with van der Waals surface area (Å²) >= 11 is 0. The molecule has 5 heteroatoms. The highest BCUT2D eigenvalue weighted by molar-refractivity contribution is 5.74. The molecule has 0 aromatic heterocycles. The zero-order valence-corrected chi connectivity index (χ0v) is 18.4. The number of hydrogen-bond acceptors (Lipinski definition) is 2. The topological polar surface area (TPSA) is 26.3 Å². The summed E-state index contributed by atoms with van der Waals surface area (Å²) in [6.45, 7) is 10.4. The predicted octanol–water partition coefficient (Wildman–Crippen LogP) is 7.70. The molecule has 0 unspecified atom stereocenters. The van der Waals surface area contributed by atoms with Crippen LogP contribution in [0.3, 0.4) is 0 Å². The quantitative estimate of drug-likeness (QED) is 0.261. The molecule has 0 amide bonds. The van der Waals surface area contributed by atoms with E-state index in [2.05, 4.69) is 13.2 Å². The molecule has 32 heavy (non-hydrogen) atoms. The van der Waals surface area contributed by atoms with Gasteiger partial charge >= 0.3 is 5.97 Å². The van der Waals surface area contributed by atoms with E-state index in [0.717, 1.165) is 11.6 Å². The largest absolute Gasteiger partial charge is 0.427 e. The monoisotopic (exact) mass is 440 g/mol. The Morgan fingerprint density at radius 1 is 1.00 bits per heavy atom. The molecule has 0 atom stereocenters. The van der Waals surface area contributed by atoms with E-state index in [0.29, 0.717) is 36.8 Å². The zero-order valence-electron chi connectivity index (χ0n) is 18.4. The van der Waals surface area contributed by atoms with Crippen LogP contribution in [0.25, 0.3) is 11.1 Å². The third-order valence-corrected chi connectivity index (χ3v) is 5.90. The van der Waals surface area contributed by atoms with Gasteiger partial charge in [-0.05, 0) is 62.1 Å². The second-order valence-electron chi connectivity index (χ2n) is 8.40. The van der Waals surface area contributed by atoms with Crippen molar-refractivity contribution < 1.29 is 22.7 Å². The molecule has 2 nitrogen and oxygen atoms in total. The second-order valence-corrected chi connectivity index (χ2v) is 8.40. The van der Waals surface area contributed by atoms with Crippen molar-refractivity contribution in [3.8, 4) is 11.1 Å². The number of hydrogen-bond donors (Lipinski definition) is 0. The van der Waals surface area contributed by atoms with Gasteiger partial charge in [0.15, 0.2) is 11.6 Å².